The minimum atomic E-state index is -4.08. The highest BCUT2D eigenvalue weighted by atomic mass is 19.4. The van der Waals surface area contributed by atoms with Crippen molar-refractivity contribution in [3.63, 3.8) is 0 Å². The topological polar surface area (TPSA) is 24.1 Å². The van der Waals surface area contributed by atoms with Crippen molar-refractivity contribution < 1.29 is 13.2 Å². The zero-order valence-electron chi connectivity index (χ0n) is 8.82. The molecular formula is C10H17F3N2. The quantitative estimate of drug-likeness (QED) is 0.756. The summed E-state index contributed by atoms with van der Waals surface area (Å²) in [6.45, 7) is 4.32. The molecule has 15 heavy (non-hydrogen) atoms. The Kier molecular flexibility index (Phi) is 2.71. The van der Waals surface area contributed by atoms with E-state index in [9.17, 15) is 13.2 Å². The molecule has 2 aliphatic rings. The van der Waals surface area contributed by atoms with Crippen LogP contribution in [0.2, 0.25) is 0 Å². The van der Waals surface area contributed by atoms with Gasteiger partial charge in [0, 0.05) is 6.54 Å². The molecule has 0 bridgehead atoms. The fourth-order valence-electron chi connectivity index (χ4n) is 2.15. The van der Waals surface area contributed by atoms with Gasteiger partial charge in [-0.3, -0.25) is 0 Å². The van der Waals surface area contributed by atoms with Gasteiger partial charge in [-0.25, -0.2) is 0 Å². The summed E-state index contributed by atoms with van der Waals surface area (Å²) >= 11 is 0. The molecule has 0 spiro atoms. The molecule has 2 rings (SSSR count). The first-order chi connectivity index (χ1) is 6.95. The molecule has 1 aliphatic carbocycles. The van der Waals surface area contributed by atoms with Crippen molar-refractivity contribution in [3.8, 4) is 0 Å². The Hall–Kier alpha value is -0.290. The molecule has 1 aliphatic heterocycles. The number of rotatable bonds is 3. The lowest BCUT2D eigenvalue weighted by Gasteiger charge is -2.24. The molecule has 1 saturated heterocycles. The average Bonchev–Trinajstić information content (AvgIpc) is 2.82. The van der Waals surface area contributed by atoms with Crippen LogP contribution in [0.3, 0.4) is 0 Å². The Balaban J connectivity index is 1.83. The van der Waals surface area contributed by atoms with Gasteiger partial charge in [0.05, 0.1) is 0 Å². The maximum atomic E-state index is 12.6. The van der Waals surface area contributed by atoms with E-state index in [1.165, 1.54) is 0 Å². The summed E-state index contributed by atoms with van der Waals surface area (Å²) in [5.41, 5.74) is -1.55. The predicted molar refractivity (Wildman–Crippen MR) is 51.5 cm³/mol. The second-order valence-electron chi connectivity index (χ2n) is 4.86. The first-order valence-electron chi connectivity index (χ1n) is 5.47. The van der Waals surface area contributed by atoms with Crippen molar-refractivity contribution in [2.75, 3.05) is 19.6 Å². The Morgan fingerprint density at radius 2 is 2.00 bits per heavy atom. The van der Waals surface area contributed by atoms with Gasteiger partial charge in [-0.2, -0.15) is 13.2 Å². The third kappa shape index (κ3) is 2.13. The number of alkyl halides is 3. The first kappa shape index (κ1) is 11.2. The van der Waals surface area contributed by atoms with E-state index in [1.807, 2.05) is 0 Å². The summed E-state index contributed by atoms with van der Waals surface area (Å²) in [4.78, 5) is 0. The summed E-state index contributed by atoms with van der Waals surface area (Å²) < 4.78 is 37.8. The molecule has 0 amide bonds. The third-order valence-electron chi connectivity index (χ3n) is 3.67. The van der Waals surface area contributed by atoms with Crippen LogP contribution in [0.25, 0.3) is 0 Å². The summed E-state index contributed by atoms with van der Waals surface area (Å²) in [6, 6.07) is 0. The number of hydrogen-bond acceptors (Lipinski definition) is 2. The highest BCUT2D eigenvalue weighted by Crippen LogP contribution is 2.49. The van der Waals surface area contributed by atoms with E-state index in [-0.39, 0.29) is 12.8 Å². The van der Waals surface area contributed by atoms with Gasteiger partial charge in [-0.05, 0) is 37.8 Å². The van der Waals surface area contributed by atoms with Crippen molar-refractivity contribution in [2.24, 2.45) is 11.8 Å². The van der Waals surface area contributed by atoms with E-state index in [1.54, 1.807) is 0 Å². The Morgan fingerprint density at radius 1 is 1.33 bits per heavy atom. The van der Waals surface area contributed by atoms with Gasteiger partial charge in [-0.1, -0.05) is 6.92 Å². The second kappa shape index (κ2) is 3.63. The summed E-state index contributed by atoms with van der Waals surface area (Å²) in [7, 11) is 0. The molecular weight excluding hydrogens is 205 g/mol. The zero-order chi connectivity index (χ0) is 11.1. The molecule has 0 radical (unpaired) electrons. The number of halogens is 3. The van der Waals surface area contributed by atoms with Gasteiger partial charge < -0.3 is 10.6 Å². The zero-order valence-corrected chi connectivity index (χ0v) is 8.82. The van der Waals surface area contributed by atoms with Crippen molar-refractivity contribution >= 4 is 0 Å². The maximum Gasteiger partial charge on any atom is 0.406 e. The van der Waals surface area contributed by atoms with E-state index in [2.05, 4.69) is 17.6 Å². The Labute approximate surface area is 87.6 Å². The monoisotopic (exact) mass is 222 g/mol. The van der Waals surface area contributed by atoms with Gasteiger partial charge in [0.2, 0.25) is 0 Å². The molecule has 2 fully saturated rings. The van der Waals surface area contributed by atoms with Gasteiger partial charge in [0.25, 0.3) is 0 Å². The largest absolute Gasteiger partial charge is 0.406 e. The molecule has 2 atom stereocenters. The van der Waals surface area contributed by atoms with Crippen molar-refractivity contribution in [3.05, 3.63) is 0 Å². The van der Waals surface area contributed by atoms with Crippen LogP contribution in [-0.2, 0) is 0 Å². The molecule has 1 saturated carbocycles. The summed E-state index contributed by atoms with van der Waals surface area (Å²) in [5.74, 6) is 0.811. The van der Waals surface area contributed by atoms with E-state index < -0.39 is 11.7 Å². The summed E-state index contributed by atoms with van der Waals surface area (Å²) in [6.07, 6.45) is -3.60. The van der Waals surface area contributed by atoms with Gasteiger partial charge in [0.1, 0.15) is 5.54 Å². The lowest BCUT2D eigenvalue weighted by atomic mass is 9.98. The minimum absolute atomic E-state index is 0.241. The standard InChI is InChI=1S/C10H17F3N2/c1-7-4-14-5-8(7)6-15-9(2-3-9)10(11,12)13/h7-8,14-15H,2-6H2,1H3. The van der Waals surface area contributed by atoms with Crippen molar-refractivity contribution in [1.29, 1.82) is 0 Å². The van der Waals surface area contributed by atoms with Gasteiger partial charge in [-0.15, -0.1) is 0 Å². The number of nitrogens with one attached hydrogen (secondary N) is 2. The predicted octanol–water partition coefficient (Wildman–Crippen LogP) is 1.53. The lowest BCUT2D eigenvalue weighted by molar-refractivity contribution is -0.166. The van der Waals surface area contributed by atoms with Crippen LogP contribution >= 0.6 is 0 Å². The molecule has 0 aromatic rings. The Bertz CT molecular complexity index is 235. The van der Waals surface area contributed by atoms with Crippen LogP contribution < -0.4 is 10.6 Å². The van der Waals surface area contributed by atoms with Crippen LogP contribution in [0.15, 0.2) is 0 Å². The smallest absolute Gasteiger partial charge is 0.316 e. The molecule has 2 unspecified atom stereocenters. The van der Waals surface area contributed by atoms with Crippen LogP contribution in [0.1, 0.15) is 19.8 Å². The molecule has 5 heteroatoms. The van der Waals surface area contributed by atoms with Gasteiger partial charge in [0.15, 0.2) is 0 Å². The number of hydrogen-bond donors (Lipinski definition) is 2. The minimum Gasteiger partial charge on any atom is -0.316 e. The molecule has 2 nitrogen and oxygen atoms in total. The average molecular weight is 222 g/mol. The molecule has 0 aromatic heterocycles. The fraction of sp³-hybridized carbons (Fsp3) is 1.00. The van der Waals surface area contributed by atoms with E-state index in [4.69, 9.17) is 0 Å². The third-order valence-corrected chi connectivity index (χ3v) is 3.67. The lowest BCUT2D eigenvalue weighted by Crippen LogP contribution is -2.47. The molecule has 2 N–H and O–H groups in total. The normalized spacial score (nSPS) is 34.4. The highest BCUT2D eigenvalue weighted by Gasteiger charge is 2.63. The van der Waals surface area contributed by atoms with E-state index >= 15 is 0 Å². The SMILES string of the molecule is CC1CNCC1CNC1(C(F)(F)F)CC1. The highest BCUT2D eigenvalue weighted by molar-refractivity contribution is 5.08. The fourth-order valence-corrected chi connectivity index (χ4v) is 2.15. The Morgan fingerprint density at radius 3 is 2.40 bits per heavy atom. The first-order valence-corrected chi connectivity index (χ1v) is 5.47. The maximum absolute atomic E-state index is 12.6. The van der Waals surface area contributed by atoms with Crippen LogP contribution in [0.5, 0.6) is 0 Å². The molecule has 0 aromatic carbocycles. The van der Waals surface area contributed by atoms with Crippen LogP contribution in [-0.4, -0.2) is 31.3 Å². The van der Waals surface area contributed by atoms with Crippen LogP contribution in [0, 0.1) is 11.8 Å². The van der Waals surface area contributed by atoms with E-state index in [0.717, 1.165) is 13.1 Å². The summed E-state index contributed by atoms with van der Waals surface area (Å²) in [5, 5.41) is 5.91. The molecule has 1 heterocycles. The van der Waals surface area contributed by atoms with Crippen molar-refractivity contribution in [1.82, 2.24) is 10.6 Å². The molecule has 88 valence electrons. The second-order valence-corrected chi connectivity index (χ2v) is 4.86. The van der Waals surface area contributed by atoms with Crippen molar-refractivity contribution in [2.45, 2.75) is 31.5 Å². The van der Waals surface area contributed by atoms with E-state index in [0.29, 0.717) is 18.4 Å². The van der Waals surface area contributed by atoms with Crippen LogP contribution in [0.4, 0.5) is 13.2 Å². The van der Waals surface area contributed by atoms with Gasteiger partial charge >= 0.3 is 6.18 Å².